The summed E-state index contributed by atoms with van der Waals surface area (Å²) in [5.41, 5.74) is -0.394. The van der Waals surface area contributed by atoms with Crippen molar-refractivity contribution in [2.24, 2.45) is 17.3 Å². The molecular weight excluding hydrogens is 637 g/mol. The maximum atomic E-state index is 11.7. The number of benzene rings is 1. The highest BCUT2D eigenvalue weighted by Gasteiger charge is 2.87. The van der Waals surface area contributed by atoms with Crippen molar-refractivity contribution < 1.29 is 49.1 Å². The summed E-state index contributed by atoms with van der Waals surface area (Å²) in [4.78, 5) is 41.6. The molecule has 0 spiro atoms. The van der Waals surface area contributed by atoms with Gasteiger partial charge in [-0.3, -0.25) is 9.59 Å². The van der Waals surface area contributed by atoms with Crippen LogP contribution in [0.2, 0.25) is 0 Å². The van der Waals surface area contributed by atoms with Gasteiger partial charge < -0.3 is 29.9 Å². The van der Waals surface area contributed by atoms with Crippen molar-refractivity contribution in [2.45, 2.75) is 14.1 Å². The molecule has 4 N–H and O–H groups in total. The van der Waals surface area contributed by atoms with Gasteiger partial charge in [0.05, 0.1) is 53.0 Å². The second kappa shape index (κ2) is 11.0. The van der Waals surface area contributed by atoms with Crippen molar-refractivity contribution in [3.63, 3.8) is 0 Å². The molecule has 208 valence electrons. The SMILES string of the molecule is O=C1OC(=O)C2C1C1(Cl)C(Cl)=C(Cl)C2(Cl)C1(Cl)Cl.O=C1OC(=O)c2ccccc21.OCC(CO)(CO)CO. The van der Waals surface area contributed by atoms with E-state index in [1.54, 1.807) is 24.3 Å². The van der Waals surface area contributed by atoms with E-state index >= 15 is 0 Å². The number of carbonyl (C=O) groups excluding carboxylic acids is 4. The first-order chi connectivity index (χ1) is 17.6. The molecule has 2 fully saturated rings. The van der Waals surface area contributed by atoms with Gasteiger partial charge in [0, 0.05) is 0 Å². The molecule has 1 saturated heterocycles. The minimum Gasteiger partial charge on any atom is -0.396 e. The minimum atomic E-state index is -1.89. The fourth-order valence-corrected chi connectivity index (χ4v) is 7.06. The topological polar surface area (TPSA) is 168 Å². The van der Waals surface area contributed by atoms with E-state index in [4.69, 9.17) is 90.0 Å². The third-order valence-electron chi connectivity index (χ3n) is 6.54. The van der Waals surface area contributed by atoms with Crippen molar-refractivity contribution >= 4 is 93.5 Å². The molecule has 4 aliphatic rings. The summed E-state index contributed by atoms with van der Waals surface area (Å²) in [6.07, 6.45) is 0. The van der Waals surface area contributed by atoms with Gasteiger partial charge in [-0.1, -0.05) is 58.5 Å². The maximum Gasteiger partial charge on any atom is 0.346 e. The van der Waals surface area contributed by atoms with Crippen LogP contribution < -0.4 is 0 Å². The van der Waals surface area contributed by atoms with Gasteiger partial charge in [0.1, 0.15) is 21.6 Å². The Morgan fingerprint density at radius 1 is 0.684 bits per heavy atom. The van der Waals surface area contributed by atoms with Crippen LogP contribution in [0.3, 0.4) is 0 Å². The lowest BCUT2D eigenvalue weighted by Crippen LogP contribution is -2.47. The van der Waals surface area contributed by atoms with Crippen LogP contribution in [-0.2, 0) is 19.1 Å². The molecule has 1 saturated carbocycles. The van der Waals surface area contributed by atoms with Crippen molar-refractivity contribution in [3.05, 3.63) is 45.5 Å². The average Bonchev–Trinajstić information content (AvgIpc) is 3.45. The largest absolute Gasteiger partial charge is 0.396 e. The lowest BCUT2D eigenvalue weighted by atomic mass is 9.84. The molecule has 1 aromatic carbocycles. The summed E-state index contributed by atoms with van der Waals surface area (Å²) in [6.45, 7) is -1.62. The second-order valence-corrected chi connectivity index (χ2v) is 12.0. The summed E-state index contributed by atoms with van der Waals surface area (Å²) in [5.74, 6) is -5.09. The molecular formula is C22H18Cl6O10. The fraction of sp³-hybridized carbons (Fsp3) is 0.455. The summed E-state index contributed by atoms with van der Waals surface area (Å²) < 4.78 is 6.99. The van der Waals surface area contributed by atoms with Crippen molar-refractivity contribution in [2.75, 3.05) is 26.4 Å². The smallest absolute Gasteiger partial charge is 0.346 e. The second-order valence-electron chi connectivity index (χ2n) is 8.68. The molecule has 10 nitrogen and oxygen atoms in total. The first kappa shape index (κ1) is 31.3. The van der Waals surface area contributed by atoms with Crippen LogP contribution in [0.25, 0.3) is 0 Å². The van der Waals surface area contributed by atoms with Gasteiger partial charge in [0.25, 0.3) is 0 Å². The first-order valence-corrected chi connectivity index (χ1v) is 12.8. The summed E-state index contributed by atoms with van der Waals surface area (Å²) >= 11 is 36.9. The van der Waals surface area contributed by atoms with Gasteiger partial charge in [-0.2, -0.15) is 0 Å². The number of fused-ring (bicyclic) bond motifs is 6. The Kier molecular flexibility index (Phi) is 9.08. The fourth-order valence-electron chi connectivity index (χ4n) is 4.14. The summed E-state index contributed by atoms with van der Waals surface area (Å²) in [6, 6.07) is 6.53. The number of aliphatic hydroxyl groups excluding tert-OH is 4. The van der Waals surface area contributed by atoms with Crippen LogP contribution in [0.1, 0.15) is 20.7 Å². The number of rotatable bonds is 4. The molecule has 16 heteroatoms. The zero-order valence-electron chi connectivity index (χ0n) is 18.8. The molecule has 4 atom stereocenters. The number of alkyl halides is 4. The Morgan fingerprint density at radius 2 is 1.03 bits per heavy atom. The number of ether oxygens (including phenoxy) is 2. The van der Waals surface area contributed by atoms with E-state index in [1.165, 1.54) is 0 Å². The number of cyclic esters (lactones) is 4. The Balaban J connectivity index is 0.000000172. The van der Waals surface area contributed by atoms with E-state index in [0.29, 0.717) is 11.1 Å². The van der Waals surface area contributed by atoms with Crippen molar-refractivity contribution in [1.82, 2.24) is 0 Å². The predicted molar refractivity (Wildman–Crippen MR) is 135 cm³/mol. The van der Waals surface area contributed by atoms with Gasteiger partial charge in [-0.15, -0.1) is 23.2 Å². The zero-order chi connectivity index (χ0) is 28.8. The first-order valence-electron chi connectivity index (χ1n) is 10.5. The molecule has 4 unspecified atom stereocenters. The summed E-state index contributed by atoms with van der Waals surface area (Å²) in [5, 5.41) is 33.7. The van der Waals surface area contributed by atoms with E-state index in [0.717, 1.165) is 0 Å². The Bertz CT molecular complexity index is 1120. The van der Waals surface area contributed by atoms with Gasteiger partial charge >= 0.3 is 23.9 Å². The molecule has 0 radical (unpaired) electrons. The third kappa shape index (κ3) is 4.34. The van der Waals surface area contributed by atoms with Gasteiger partial charge in [0.15, 0.2) is 4.33 Å². The molecule has 0 amide bonds. The Morgan fingerprint density at radius 3 is 1.32 bits per heavy atom. The molecule has 5 rings (SSSR count). The van der Waals surface area contributed by atoms with Gasteiger partial charge in [-0.25, -0.2) is 9.59 Å². The highest BCUT2D eigenvalue weighted by Crippen LogP contribution is 2.77. The lowest BCUT2D eigenvalue weighted by Gasteiger charge is -2.32. The van der Waals surface area contributed by atoms with E-state index < -0.39 is 81.6 Å². The van der Waals surface area contributed by atoms with Crippen LogP contribution in [-0.4, -0.2) is 84.8 Å². The Labute approximate surface area is 244 Å². The van der Waals surface area contributed by atoms with Crippen LogP contribution >= 0.6 is 69.6 Å². The van der Waals surface area contributed by atoms with Gasteiger partial charge in [-0.05, 0) is 12.1 Å². The number of carbonyl (C=O) groups is 4. The average molecular weight is 655 g/mol. The van der Waals surface area contributed by atoms with Gasteiger partial charge in [0.2, 0.25) is 0 Å². The van der Waals surface area contributed by atoms with Crippen LogP contribution in [0.4, 0.5) is 0 Å². The number of halogens is 6. The third-order valence-corrected chi connectivity index (χ3v) is 10.8. The van der Waals surface area contributed by atoms with E-state index in [9.17, 15) is 19.2 Å². The number of esters is 4. The maximum absolute atomic E-state index is 11.7. The monoisotopic (exact) mass is 652 g/mol. The molecule has 2 aliphatic heterocycles. The molecule has 38 heavy (non-hydrogen) atoms. The molecule has 2 aliphatic carbocycles. The summed E-state index contributed by atoms with van der Waals surface area (Å²) in [7, 11) is 0. The zero-order valence-corrected chi connectivity index (χ0v) is 23.3. The molecule has 0 aromatic heterocycles. The van der Waals surface area contributed by atoms with Crippen LogP contribution in [0, 0.1) is 17.3 Å². The molecule has 2 heterocycles. The van der Waals surface area contributed by atoms with E-state index in [2.05, 4.69) is 9.47 Å². The van der Waals surface area contributed by atoms with Crippen LogP contribution in [0.15, 0.2) is 34.3 Å². The number of hydrogen-bond donors (Lipinski definition) is 4. The van der Waals surface area contributed by atoms with E-state index in [1.807, 2.05) is 0 Å². The predicted octanol–water partition coefficient (Wildman–Crippen LogP) is 2.09. The van der Waals surface area contributed by atoms with Crippen LogP contribution in [0.5, 0.6) is 0 Å². The molecule has 1 aromatic rings. The minimum absolute atomic E-state index is 0.126. The number of aliphatic hydroxyl groups is 4. The van der Waals surface area contributed by atoms with E-state index in [-0.39, 0.29) is 10.1 Å². The number of hydrogen-bond acceptors (Lipinski definition) is 10. The van der Waals surface area contributed by atoms with Crippen molar-refractivity contribution in [3.8, 4) is 0 Å². The lowest BCUT2D eigenvalue weighted by molar-refractivity contribution is -0.154. The number of allylic oxidation sites excluding steroid dienone is 2. The molecule has 2 bridgehead atoms. The standard InChI is InChI=1S/C9H2Cl6O3.C8H4O3.C5H12O4/c10-3-4(11)8(13)2-1(5(16)18-6(2)17)7(3,12)9(8,14)15;9-7-5-3-1-2-4-6(5)8(10)11-7;6-1-5(2-7,3-8)4-9/h1-2H;1-4H;6-9H,1-4H2. The Hall–Kier alpha value is -1.18. The van der Waals surface area contributed by atoms with Crippen molar-refractivity contribution in [1.29, 1.82) is 0 Å². The normalized spacial score (nSPS) is 30.2. The highest BCUT2D eigenvalue weighted by molar-refractivity contribution is 6.66. The highest BCUT2D eigenvalue weighted by atomic mass is 35.5. The quantitative estimate of drug-likeness (QED) is 0.214.